The SMILES string of the molecule is CN1Cc2c(cc3c(c2Cl)OCO3)[C@@H](O)C1. The Balaban J connectivity index is 2.18. The predicted octanol–water partition coefficient (Wildman–Crippen LogP) is 1.55. The van der Waals surface area contributed by atoms with Crippen LogP contribution in [0.5, 0.6) is 11.5 Å². The van der Waals surface area contributed by atoms with Gasteiger partial charge in [-0.3, -0.25) is 4.90 Å². The summed E-state index contributed by atoms with van der Waals surface area (Å²) in [5.74, 6) is 1.23. The maximum absolute atomic E-state index is 9.99. The summed E-state index contributed by atoms with van der Waals surface area (Å²) in [5.41, 5.74) is 1.79. The van der Waals surface area contributed by atoms with Crippen LogP contribution < -0.4 is 9.47 Å². The number of halogens is 1. The molecule has 2 heterocycles. The molecule has 1 aromatic rings. The van der Waals surface area contributed by atoms with Gasteiger partial charge in [-0.2, -0.15) is 0 Å². The highest BCUT2D eigenvalue weighted by Crippen LogP contribution is 2.45. The molecule has 0 saturated heterocycles. The summed E-state index contributed by atoms with van der Waals surface area (Å²) in [7, 11) is 1.95. The fraction of sp³-hybridized carbons (Fsp3) is 0.455. The minimum Gasteiger partial charge on any atom is -0.454 e. The third-order valence-corrected chi connectivity index (χ3v) is 3.41. The van der Waals surface area contributed by atoms with Gasteiger partial charge < -0.3 is 14.6 Å². The first-order valence-corrected chi connectivity index (χ1v) is 5.52. The first kappa shape index (κ1) is 10.2. The van der Waals surface area contributed by atoms with Gasteiger partial charge in [-0.1, -0.05) is 11.6 Å². The van der Waals surface area contributed by atoms with Crippen LogP contribution in [0.25, 0.3) is 0 Å². The van der Waals surface area contributed by atoms with Gasteiger partial charge in [0.15, 0.2) is 11.5 Å². The number of aliphatic hydroxyl groups is 1. The molecule has 0 spiro atoms. The minimum atomic E-state index is -0.513. The van der Waals surface area contributed by atoms with Gasteiger partial charge in [0, 0.05) is 13.1 Å². The topological polar surface area (TPSA) is 41.9 Å². The second-order valence-corrected chi connectivity index (χ2v) is 4.58. The number of hydrogen-bond donors (Lipinski definition) is 1. The number of aliphatic hydroxyl groups excluding tert-OH is 1. The smallest absolute Gasteiger partial charge is 0.231 e. The summed E-state index contributed by atoms with van der Waals surface area (Å²) < 4.78 is 10.6. The zero-order chi connectivity index (χ0) is 11.3. The molecule has 1 aromatic carbocycles. The first-order chi connectivity index (χ1) is 7.66. The molecule has 86 valence electrons. The van der Waals surface area contributed by atoms with Crippen LogP contribution in [0.2, 0.25) is 5.02 Å². The number of benzene rings is 1. The van der Waals surface area contributed by atoms with Crippen LogP contribution in [-0.4, -0.2) is 30.4 Å². The van der Waals surface area contributed by atoms with E-state index in [2.05, 4.69) is 0 Å². The summed E-state index contributed by atoms with van der Waals surface area (Å²) in [6.07, 6.45) is -0.513. The number of nitrogens with zero attached hydrogens (tertiary/aromatic N) is 1. The Kier molecular flexibility index (Phi) is 2.24. The summed E-state index contributed by atoms with van der Waals surface area (Å²) in [4.78, 5) is 2.03. The van der Waals surface area contributed by atoms with Gasteiger partial charge in [0.2, 0.25) is 6.79 Å². The van der Waals surface area contributed by atoms with E-state index in [9.17, 15) is 5.11 Å². The van der Waals surface area contributed by atoms with Crippen molar-refractivity contribution in [3.63, 3.8) is 0 Å². The number of rotatable bonds is 0. The number of likely N-dealkylation sites (N-methyl/N-ethyl adjacent to an activating group) is 1. The van der Waals surface area contributed by atoms with Crippen molar-refractivity contribution in [2.24, 2.45) is 0 Å². The van der Waals surface area contributed by atoms with Gasteiger partial charge in [0.25, 0.3) is 0 Å². The number of hydrogen-bond acceptors (Lipinski definition) is 4. The highest BCUT2D eigenvalue weighted by atomic mass is 35.5. The van der Waals surface area contributed by atoms with Gasteiger partial charge in [0.05, 0.1) is 11.1 Å². The van der Waals surface area contributed by atoms with Crippen molar-refractivity contribution in [1.29, 1.82) is 0 Å². The Hall–Kier alpha value is -0.970. The van der Waals surface area contributed by atoms with E-state index in [1.807, 2.05) is 18.0 Å². The monoisotopic (exact) mass is 241 g/mol. The standard InChI is InChI=1S/C11H12ClNO3/c1-13-3-7-6(8(14)4-13)2-9-11(10(7)12)16-5-15-9/h2,8,14H,3-5H2,1H3/t8-/m0/s1. The second-order valence-electron chi connectivity index (χ2n) is 4.20. The van der Waals surface area contributed by atoms with Crippen molar-refractivity contribution in [2.75, 3.05) is 20.4 Å². The van der Waals surface area contributed by atoms with Crippen LogP contribution in [-0.2, 0) is 6.54 Å². The molecule has 5 heteroatoms. The molecule has 1 N–H and O–H groups in total. The van der Waals surface area contributed by atoms with E-state index in [0.29, 0.717) is 23.1 Å². The third kappa shape index (κ3) is 1.38. The Bertz CT molecular complexity index is 449. The van der Waals surface area contributed by atoms with Gasteiger partial charge in [-0.25, -0.2) is 0 Å². The van der Waals surface area contributed by atoms with Crippen molar-refractivity contribution >= 4 is 11.6 Å². The molecule has 2 aliphatic heterocycles. The van der Waals surface area contributed by atoms with Gasteiger partial charge in [0.1, 0.15) is 0 Å². The Morgan fingerprint density at radius 3 is 3.12 bits per heavy atom. The Morgan fingerprint density at radius 1 is 1.50 bits per heavy atom. The molecule has 0 unspecified atom stereocenters. The molecule has 3 rings (SSSR count). The van der Waals surface area contributed by atoms with Crippen molar-refractivity contribution in [3.8, 4) is 11.5 Å². The molecule has 0 fully saturated rings. The number of ether oxygens (including phenoxy) is 2. The third-order valence-electron chi connectivity index (χ3n) is 3.01. The number of β-amino-alcohol motifs (C(OH)–C–C–N with tert-alkyl or cyclic N) is 1. The van der Waals surface area contributed by atoms with Gasteiger partial charge >= 0.3 is 0 Å². The van der Waals surface area contributed by atoms with E-state index in [-0.39, 0.29) is 6.79 Å². The van der Waals surface area contributed by atoms with E-state index in [1.54, 1.807) is 0 Å². The van der Waals surface area contributed by atoms with Crippen LogP contribution in [0.1, 0.15) is 17.2 Å². The highest BCUT2D eigenvalue weighted by molar-refractivity contribution is 6.33. The van der Waals surface area contributed by atoms with Gasteiger partial charge in [-0.15, -0.1) is 0 Å². The van der Waals surface area contributed by atoms with Crippen LogP contribution in [0, 0.1) is 0 Å². The molecular formula is C11H12ClNO3. The molecule has 0 aromatic heterocycles. The van der Waals surface area contributed by atoms with E-state index < -0.39 is 6.10 Å². The maximum atomic E-state index is 9.99. The summed E-state index contributed by atoms with van der Waals surface area (Å²) >= 11 is 6.26. The largest absolute Gasteiger partial charge is 0.454 e. The molecular weight excluding hydrogens is 230 g/mol. The van der Waals surface area contributed by atoms with E-state index in [4.69, 9.17) is 21.1 Å². The van der Waals surface area contributed by atoms with Crippen LogP contribution in [0.4, 0.5) is 0 Å². The van der Waals surface area contributed by atoms with E-state index in [0.717, 1.165) is 17.7 Å². The lowest BCUT2D eigenvalue weighted by atomic mass is 9.97. The molecule has 0 amide bonds. The van der Waals surface area contributed by atoms with Crippen LogP contribution in [0.3, 0.4) is 0 Å². The molecule has 0 radical (unpaired) electrons. The van der Waals surface area contributed by atoms with Crippen LogP contribution >= 0.6 is 11.6 Å². The van der Waals surface area contributed by atoms with Crippen molar-refractivity contribution in [2.45, 2.75) is 12.6 Å². The van der Waals surface area contributed by atoms with Crippen LogP contribution in [0.15, 0.2) is 6.07 Å². The first-order valence-electron chi connectivity index (χ1n) is 5.14. The quantitative estimate of drug-likeness (QED) is 0.748. The second kappa shape index (κ2) is 3.52. The van der Waals surface area contributed by atoms with Crippen molar-refractivity contribution in [3.05, 3.63) is 22.2 Å². The average Bonchev–Trinajstić information content (AvgIpc) is 2.68. The zero-order valence-corrected chi connectivity index (χ0v) is 9.62. The molecule has 0 bridgehead atoms. The molecule has 2 aliphatic rings. The lowest BCUT2D eigenvalue weighted by molar-refractivity contribution is 0.107. The average molecular weight is 242 g/mol. The summed E-state index contributed by atoms with van der Waals surface area (Å²) in [5, 5.41) is 10.6. The number of fused-ring (bicyclic) bond motifs is 2. The normalized spacial score (nSPS) is 23.3. The summed E-state index contributed by atoms with van der Waals surface area (Å²) in [6.45, 7) is 1.54. The minimum absolute atomic E-state index is 0.198. The summed E-state index contributed by atoms with van der Waals surface area (Å²) in [6, 6.07) is 1.83. The molecule has 16 heavy (non-hydrogen) atoms. The zero-order valence-electron chi connectivity index (χ0n) is 8.86. The molecule has 1 atom stereocenters. The lowest BCUT2D eigenvalue weighted by Crippen LogP contribution is -2.30. The Morgan fingerprint density at radius 2 is 2.31 bits per heavy atom. The highest BCUT2D eigenvalue weighted by Gasteiger charge is 2.29. The fourth-order valence-corrected chi connectivity index (χ4v) is 2.56. The fourth-order valence-electron chi connectivity index (χ4n) is 2.25. The predicted molar refractivity (Wildman–Crippen MR) is 58.9 cm³/mol. The van der Waals surface area contributed by atoms with E-state index >= 15 is 0 Å². The maximum Gasteiger partial charge on any atom is 0.231 e. The molecule has 4 nitrogen and oxygen atoms in total. The lowest BCUT2D eigenvalue weighted by Gasteiger charge is -2.30. The van der Waals surface area contributed by atoms with E-state index in [1.165, 1.54) is 0 Å². The van der Waals surface area contributed by atoms with Gasteiger partial charge in [-0.05, 0) is 24.2 Å². The van der Waals surface area contributed by atoms with Crippen molar-refractivity contribution < 1.29 is 14.6 Å². The molecule has 0 aliphatic carbocycles. The van der Waals surface area contributed by atoms with Crippen molar-refractivity contribution in [1.82, 2.24) is 4.90 Å². The Labute approximate surface area is 98.3 Å². The molecule has 0 saturated carbocycles.